The Bertz CT molecular complexity index is 1320. The van der Waals surface area contributed by atoms with Gasteiger partial charge in [0.15, 0.2) is 5.13 Å². The van der Waals surface area contributed by atoms with Gasteiger partial charge >= 0.3 is 0 Å². The highest BCUT2D eigenvalue weighted by Gasteiger charge is 2.13. The van der Waals surface area contributed by atoms with E-state index in [1.54, 1.807) is 19.2 Å². The maximum absolute atomic E-state index is 12.7. The topological polar surface area (TPSA) is 81.9 Å². The molecule has 0 unspecified atom stereocenters. The SMILES string of the molecule is COc1ccc(Cn2nnc3cc(C(=O)Nc4nc5ccccc5s4)ccc32)cc1. The summed E-state index contributed by atoms with van der Waals surface area (Å²) in [4.78, 5) is 17.1. The van der Waals surface area contributed by atoms with Crippen LogP contribution in [0.4, 0.5) is 5.13 Å². The molecule has 0 saturated heterocycles. The summed E-state index contributed by atoms with van der Waals surface area (Å²) in [7, 11) is 1.64. The van der Waals surface area contributed by atoms with E-state index < -0.39 is 0 Å². The number of anilines is 1. The van der Waals surface area contributed by atoms with Gasteiger partial charge in [0.1, 0.15) is 11.3 Å². The van der Waals surface area contributed by atoms with Crippen LogP contribution >= 0.6 is 11.3 Å². The van der Waals surface area contributed by atoms with Gasteiger partial charge in [0.05, 0.1) is 29.4 Å². The summed E-state index contributed by atoms with van der Waals surface area (Å²) >= 11 is 1.45. The number of nitrogens with zero attached hydrogens (tertiary/aromatic N) is 4. The molecule has 2 heterocycles. The third-order valence-corrected chi connectivity index (χ3v) is 5.73. The number of hydrogen-bond acceptors (Lipinski definition) is 6. The fourth-order valence-corrected chi connectivity index (χ4v) is 4.09. The van der Waals surface area contributed by atoms with E-state index in [1.165, 1.54) is 11.3 Å². The molecular formula is C22H17N5O2S. The number of hydrogen-bond donors (Lipinski definition) is 1. The normalized spacial score (nSPS) is 11.1. The number of aromatic nitrogens is 4. The predicted octanol–water partition coefficient (Wildman–Crippen LogP) is 4.35. The molecule has 30 heavy (non-hydrogen) atoms. The van der Waals surface area contributed by atoms with Gasteiger partial charge in [0.2, 0.25) is 0 Å². The van der Waals surface area contributed by atoms with Gasteiger partial charge in [-0.1, -0.05) is 40.8 Å². The van der Waals surface area contributed by atoms with E-state index in [0.29, 0.717) is 22.8 Å². The quantitative estimate of drug-likeness (QED) is 0.461. The van der Waals surface area contributed by atoms with Gasteiger partial charge in [-0.25, -0.2) is 9.67 Å². The average molecular weight is 415 g/mol. The highest BCUT2D eigenvalue weighted by Crippen LogP contribution is 2.26. The Kier molecular flexibility index (Phi) is 4.61. The first-order valence-corrected chi connectivity index (χ1v) is 10.1. The first-order valence-electron chi connectivity index (χ1n) is 9.33. The Morgan fingerprint density at radius 3 is 2.70 bits per heavy atom. The van der Waals surface area contributed by atoms with Crippen LogP contribution in [0.5, 0.6) is 5.75 Å². The lowest BCUT2D eigenvalue weighted by atomic mass is 10.2. The minimum atomic E-state index is -0.222. The summed E-state index contributed by atoms with van der Waals surface area (Å²) in [6.07, 6.45) is 0. The molecule has 5 rings (SSSR count). The van der Waals surface area contributed by atoms with Crippen LogP contribution < -0.4 is 10.1 Å². The van der Waals surface area contributed by atoms with E-state index >= 15 is 0 Å². The molecule has 1 N–H and O–H groups in total. The van der Waals surface area contributed by atoms with Crippen LogP contribution in [-0.2, 0) is 6.54 Å². The third kappa shape index (κ3) is 3.48. The van der Waals surface area contributed by atoms with Crippen molar-refractivity contribution >= 4 is 43.6 Å². The van der Waals surface area contributed by atoms with E-state index in [9.17, 15) is 4.79 Å². The Balaban J connectivity index is 1.36. The summed E-state index contributed by atoms with van der Waals surface area (Å²) in [6.45, 7) is 0.581. The number of rotatable bonds is 5. The molecule has 0 saturated carbocycles. The molecule has 2 aromatic heterocycles. The zero-order valence-electron chi connectivity index (χ0n) is 16.1. The van der Waals surface area contributed by atoms with Crippen molar-refractivity contribution in [1.82, 2.24) is 20.0 Å². The van der Waals surface area contributed by atoms with E-state index in [1.807, 2.05) is 59.3 Å². The number of carbonyl (C=O) groups excluding carboxylic acids is 1. The minimum absolute atomic E-state index is 0.222. The lowest BCUT2D eigenvalue weighted by molar-refractivity contribution is 0.102. The Morgan fingerprint density at radius 2 is 1.90 bits per heavy atom. The molecule has 0 atom stereocenters. The molecule has 0 aliphatic heterocycles. The van der Waals surface area contributed by atoms with Gasteiger partial charge in [0.25, 0.3) is 5.91 Å². The molecule has 148 valence electrons. The van der Waals surface area contributed by atoms with Crippen molar-refractivity contribution in [3.63, 3.8) is 0 Å². The largest absolute Gasteiger partial charge is 0.497 e. The standard InChI is InChI=1S/C22H17N5O2S/c1-29-16-9-6-14(7-10-16)13-27-19-11-8-15(12-18(19)25-26-27)21(28)24-22-23-17-4-2-3-5-20(17)30-22/h2-12H,13H2,1H3,(H,23,24,28). The van der Waals surface area contributed by atoms with Gasteiger partial charge in [-0.3, -0.25) is 10.1 Å². The fourth-order valence-electron chi connectivity index (χ4n) is 3.23. The van der Waals surface area contributed by atoms with E-state index in [2.05, 4.69) is 20.6 Å². The maximum atomic E-state index is 12.7. The number of fused-ring (bicyclic) bond motifs is 2. The maximum Gasteiger partial charge on any atom is 0.257 e. The fraction of sp³-hybridized carbons (Fsp3) is 0.0909. The van der Waals surface area contributed by atoms with E-state index in [0.717, 1.165) is 27.0 Å². The molecule has 0 fully saturated rings. The summed E-state index contributed by atoms with van der Waals surface area (Å²) in [5.74, 6) is 0.589. The second kappa shape index (κ2) is 7.57. The Labute approximate surface area is 175 Å². The molecule has 0 bridgehead atoms. The molecule has 0 spiro atoms. The van der Waals surface area contributed by atoms with Crippen molar-refractivity contribution in [2.45, 2.75) is 6.54 Å². The Hall–Kier alpha value is -3.78. The van der Waals surface area contributed by atoms with E-state index in [4.69, 9.17) is 4.74 Å². The lowest BCUT2D eigenvalue weighted by Crippen LogP contribution is -2.11. The van der Waals surface area contributed by atoms with Crippen LogP contribution in [-0.4, -0.2) is 33.0 Å². The Morgan fingerprint density at radius 1 is 1.07 bits per heavy atom. The number of methoxy groups -OCH3 is 1. The van der Waals surface area contributed by atoms with Crippen LogP contribution in [0.25, 0.3) is 21.3 Å². The number of amides is 1. The summed E-state index contributed by atoms with van der Waals surface area (Å²) < 4.78 is 8.04. The molecular weight excluding hydrogens is 398 g/mol. The van der Waals surface area contributed by atoms with Crippen LogP contribution in [0.1, 0.15) is 15.9 Å². The molecule has 0 aliphatic rings. The van der Waals surface area contributed by atoms with Crippen LogP contribution in [0, 0.1) is 0 Å². The van der Waals surface area contributed by atoms with Gasteiger partial charge in [0, 0.05) is 5.56 Å². The average Bonchev–Trinajstić information content (AvgIpc) is 3.37. The second-order valence-corrected chi connectivity index (χ2v) is 7.77. The number of carbonyl (C=O) groups is 1. The summed E-state index contributed by atoms with van der Waals surface area (Å²) in [6, 6.07) is 21.0. The second-order valence-electron chi connectivity index (χ2n) is 6.74. The zero-order chi connectivity index (χ0) is 20.5. The molecule has 5 aromatic rings. The van der Waals surface area contributed by atoms with Crippen molar-refractivity contribution in [2.75, 3.05) is 12.4 Å². The van der Waals surface area contributed by atoms with E-state index in [-0.39, 0.29) is 5.91 Å². The molecule has 3 aromatic carbocycles. The molecule has 0 aliphatic carbocycles. The van der Waals surface area contributed by atoms with Gasteiger partial charge < -0.3 is 4.74 Å². The van der Waals surface area contributed by atoms with Gasteiger partial charge in [-0.05, 0) is 48.0 Å². The lowest BCUT2D eigenvalue weighted by Gasteiger charge is -2.05. The van der Waals surface area contributed by atoms with Crippen LogP contribution in [0.3, 0.4) is 0 Å². The third-order valence-electron chi connectivity index (χ3n) is 4.78. The highest BCUT2D eigenvalue weighted by molar-refractivity contribution is 7.22. The number of ether oxygens (including phenoxy) is 1. The highest BCUT2D eigenvalue weighted by atomic mass is 32.1. The zero-order valence-corrected chi connectivity index (χ0v) is 16.9. The van der Waals surface area contributed by atoms with Gasteiger partial charge in [-0.2, -0.15) is 0 Å². The molecule has 1 amide bonds. The van der Waals surface area contributed by atoms with Crippen molar-refractivity contribution in [2.24, 2.45) is 0 Å². The van der Waals surface area contributed by atoms with Crippen molar-refractivity contribution < 1.29 is 9.53 Å². The number of thiazole rings is 1. The van der Waals surface area contributed by atoms with Crippen molar-refractivity contribution in [3.8, 4) is 5.75 Å². The van der Waals surface area contributed by atoms with Crippen LogP contribution in [0.15, 0.2) is 66.7 Å². The number of benzene rings is 3. The van der Waals surface area contributed by atoms with Crippen molar-refractivity contribution in [3.05, 3.63) is 77.9 Å². The monoisotopic (exact) mass is 415 g/mol. The first-order chi connectivity index (χ1) is 14.7. The summed E-state index contributed by atoms with van der Waals surface area (Å²) in [5.41, 5.74) is 4.00. The molecule has 7 nitrogen and oxygen atoms in total. The van der Waals surface area contributed by atoms with Gasteiger partial charge in [-0.15, -0.1) is 5.10 Å². The molecule has 0 radical (unpaired) electrons. The smallest absolute Gasteiger partial charge is 0.257 e. The summed E-state index contributed by atoms with van der Waals surface area (Å²) in [5, 5.41) is 11.9. The van der Waals surface area contributed by atoms with Crippen molar-refractivity contribution in [1.29, 1.82) is 0 Å². The molecule has 8 heteroatoms. The van der Waals surface area contributed by atoms with Crippen LogP contribution in [0.2, 0.25) is 0 Å². The number of nitrogens with one attached hydrogen (secondary N) is 1. The first kappa shape index (κ1) is 18.3. The minimum Gasteiger partial charge on any atom is -0.497 e. The predicted molar refractivity (Wildman–Crippen MR) is 117 cm³/mol. The number of para-hydroxylation sites is 1.